The lowest BCUT2D eigenvalue weighted by Gasteiger charge is -2.31. The molecule has 2 aromatic heterocycles. The molecule has 1 aliphatic heterocycles. The lowest BCUT2D eigenvalue weighted by molar-refractivity contribution is 0.318. The van der Waals surface area contributed by atoms with E-state index >= 15 is 0 Å². The maximum absolute atomic E-state index is 12.6. The van der Waals surface area contributed by atoms with Gasteiger partial charge in [0.15, 0.2) is 0 Å². The van der Waals surface area contributed by atoms with E-state index in [1.165, 1.54) is 5.56 Å². The van der Waals surface area contributed by atoms with Gasteiger partial charge in [-0.25, -0.2) is 9.97 Å². The Balaban J connectivity index is 1.70. The van der Waals surface area contributed by atoms with Gasteiger partial charge in [0, 0.05) is 24.1 Å². The molecule has 3 aromatic rings. The number of aromatic nitrogens is 3. The molecule has 1 aliphatic rings. The summed E-state index contributed by atoms with van der Waals surface area (Å²) in [5, 5.41) is 0.446. The molecule has 0 amide bonds. The second-order valence-corrected chi connectivity index (χ2v) is 8.59. The first-order valence-electron chi connectivity index (χ1n) is 9.12. The van der Waals surface area contributed by atoms with Crippen molar-refractivity contribution in [1.29, 1.82) is 0 Å². The van der Waals surface area contributed by atoms with Crippen LogP contribution in [0, 0.1) is 0 Å². The zero-order valence-electron chi connectivity index (χ0n) is 15.6. The molecule has 0 radical (unpaired) electrons. The summed E-state index contributed by atoms with van der Waals surface area (Å²) in [6.45, 7) is 1.86. The molecule has 4 rings (SSSR count). The van der Waals surface area contributed by atoms with Crippen LogP contribution in [-0.2, 0) is 30.9 Å². The van der Waals surface area contributed by atoms with Gasteiger partial charge in [0.05, 0.1) is 42.5 Å². The summed E-state index contributed by atoms with van der Waals surface area (Å²) < 4.78 is 14.6. The highest BCUT2D eigenvalue weighted by Crippen LogP contribution is 2.30. The number of pyridine rings is 1. The van der Waals surface area contributed by atoms with Crippen LogP contribution in [0.5, 0.6) is 0 Å². The van der Waals surface area contributed by atoms with Crippen molar-refractivity contribution in [3.63, 3.8) is 0 Å². The number of imidazole rings is 1. The quantitative estimate of drug-likeness (QED) is 0.512. The maximum Gasteiger partial charge on any atom is 0.129 e. The summed E-state index contributed by atoms with van der Waals surface area (Å²) in [7, 11) is 0. The molecular weight excluding hydrogens is 394 g/mol. The summed E-state index contributed by atoms with van der Waals surface area (Å²) in [4.78, 5) is 14.2. The van der Waals surface area contributed by atoms with Gasteiger partial charge < -0.3 is 14.4 Å². The zero-order valence-corrected chi connectivity index (χ0v) is 17.2. The first-order chi connectivity index (χ1) is 13.6. The minimum Gasteiger partial charge on any atom is -0.598 e. The fraction of sp³-hybridized carbons (Fsp3) is 0.300. The Morgan fingerprint density at radius 3 is 2.79 bits per heavy atom. The molecular formula is C20H22ClN5OS. The highest BCUT2D eigenvalue weighted by Gasteiger charge is 2.34. The number of hydrogen-bond donors (Lipinski definition) is 1. The number of benzene rings is 1. The van der Waals surface area contributed by atoms with Gasteiger partial charge in [0.2, 0.25) is 0 Å². The van der Waals surface area contributed by atoms with Crippen molar-refractivity contribution < 1.29 is 4.55 Å². The van der Waals surface area contributed by atoms with Crippen LogP contribution < -0.4 is 4.90 Å². The molecule has 0 aliphatic carbocycles. The number of anilines is 1. The van der Waals surface area contributed by atoms with Crippen molar-refractivity contribution in [3.05, 3.63) is 77.1 Å². The molecule has 0 bridgehead atoms. The third kappa shape index (κ3) is 4.33. The van der Waals surface area contributed by atoms with Crippen LogP contribution in [-0.4, -0.2) is 42.7 Å². The molecule has 1 aromatic carbocycles. The van der Waals surface area contributed by atoms with Gasteiger partial charge in [-0.15, -0.1) is 4.31 Å². The Kier molecular flexibility index (Phi) is 5.87. The fourth-order valence-electron chi connectivity index (χ4n) is 3.67. The Hall–Kier alpha value is -2.06. The minimum atomic E-state index is -1.13. The van der Waals surface area contributed by atoms with E-state index < -0.39 is 11.4 Å². The number of hydrogen-bond acceptors (Lipinski definition) is 5. The van der Waals surface area contributed by atoms with E-state index in [1.807, 2.05) is 40.8 Å². The molecule has 0 saturated heterocycles. The van der Waals surface area contributed by atoms with E-state index in [-0.39, 0.29) is 6.04 Å². The van der Waals surface area contributed by atoms with E-state index in [4.69, 9.17) is 11.6 Å². The molecule has 1 N–H and O–H groups in total. The lowest BCUT2D eigenvalue weighted by atomic mass is 10.1. The van der Waals surface area contributed by atoms with Crippen molar-refractivity contribution in [3.8, 4) is 0 Å². The van der Waals surface area contributed by atoms with Crippen LogP contribution >= 0.6 is 11.6 Å². The molecule has 0 spiro atoms. The van der Waals surface area contributed by atoms with Crippen LogP contribution in [0.15, 0.2) is 55.0 Å². The Bertz CT molecular complexity index is 906. The van der Waals surface area contributed by atoms with Crippen molar-refractivity contribution in [1.82, 2.24) is 19.3 Å². The Morgan fingerprint density at radius 1 is 1.25 bits per heavy atom. The number of nitrogens with one attached hydrogen (secondary N) is 1. The minimum absolute atomic E-state index is 0.0696. The van der Waals surface area contributed by atoms with Crippen molar-refractivity contribution >= 4 is 28.7 Å². The molecule has 0 fully saturated rings. The summed E-state index contributed by atoms with van der Waals surface area (Å²) in [6.07, 6.45) is 6.11. The number of fused-ring (bicyclic) bond motifs is 1. The van der Waals surface area contributed by atoms with Crippen molar-refractivity contribution in [2.45, 2.75) is 25.6 Å². The van der Waals surface area contributed by atoms with Crippen LogP contribution in [0.3, 0.4) is 0 Å². The van der Waals surface area contributed by atoms with Gasteiger partial charge in [-0.3, -0.25) is 0 Å². The molecule has 8 heteroatoms. The topological polar surface area (TPSA) is 71.1 Å². The highest BCUT2D eigenvalue weighted by atomic mass is 35.5. The third-order valence-electron chi connectivity index (χ3n) is 4.95. The summed E-state index contributed by atoms with van der Waals surface area (Å²) in [6, 6.07) is 14.2. The molecule has 0 saturated carbocycles. The van der Waals surface area contributed by atoms with Gasteiger partial charge in [-0.1, -0.05) is 41.9 Å². The SMILES string of the molecule is C[S+]([O-])N1Cc2nc(Cl)ccc2N(Cc2c[nH]cn2)C[C@H]1Cc1ccccc1. The van der Waals surface area contributed by atoms with Crippen molar-refractivity contribution in [2.24, 2.45) is 0 Å². The fourth-order valence-corrected chi connectivity index (χ4v) is 4.70. The Labute approximate surface area is 172 Å². The molecule has 6 nitrogen and oxygen atoms in total. The van der Waals surface area contributed by atoms with Gasteiger partial charge >= 0.3 is 0 Å². The van der Waals surface area contributed by atoms with Crippen LogP contribution in [0.2, 0.25) is 5.15 Å². The monoisotopic (exact) mass is 415 g/mol. The number of halogens is 1. The first-order valence-corrected chi connectivity index (χ1v) is 11.0. The highest BCUT2D eigenvalue weighted by molar-refractivity contribution is 7.88. The van der Waals surface area contributed by atoms with E-state index in [1.54, 1.807) is 12.6 Å². The normalized spacial score (nSPS) is 18.5. The van der Waals surface area contributed by atoms with Crippen LogP contribution in [0.4, 0.5) is 5.69 Å². The largest absolute Gasteiger partial charge is 0.598 e. The second kappa shape index (κ2) is 8.53. The van der Waals surface area contributed by atoms with Gasteiger partial charge in [-0.05, 0) is 24.1 Å². The number of aromatic amines is 1. The maximum atomic E-state index is 12.6. The summed E-state index contributed by atoms with van der Waals surface area (Å²) in [5.41, 5.74) is 4.03. The molecule has 1 unspecified atom stereocenters. The van der Waals surface area contributed by atoms with E-state index in [0.29, 0.717) is 18.2 Å². The van der Waals surface area contributed by atoms with Crippen molar-refractivity contribution in [2.75, 3.05) is 17.7 Å². The average Bonchev–Trinajstić information content (AvgIpc) is 3.14. The molecule has 2 atom stereocenters. The number of nitrogens with zero attached hydrogens (tertiary/aromatic N) is 4. The Morgan fingerprint density at radius 2 is 2.07 bits per heavy atom. The number of H-pyrrole nitrogens is 1. The van der Waals surface area contributed by atoms with E-state index in [2.05, 4.69) is 32.0 Å². The van der Waals surface area contributed by atoms with Gasteiger partial charge in [0.1, 0.15) is 11.4 Å². The van der Waals surface area contributed by atoms with Crippen LogP contribution in [0.25, 0.3) is 0 Å². The average molecular weight is 416 g/mol. The van der Waals surface area contributed by atoms with E-state index in [9.17, 15) is 4.55 Å². The standard InChI is InChI=1S/C20H22ClN5OS/c1-28(27)26-13-18-19(7-8-20(21)24-18)25(11-16-10-22-14-23-16)12-17(26)9-15-5-3-2-4-6-15/h2-8,10,14,17H,9,11-13H2,1H3,(H,22,23)/t17-,28?/m1/s1. The molecule has 28 heavy (non-hydrogen) atoms. The lowest BCUT2D eigenvalue weighted by Crippen LogP contribution is -2.45. The predicted octanol–water partition coefficient (Wildman–Crippen LogP) is 3.19. The van der Waals surface area contributed by atoms with Gasteiger partial charge in [0.25, 0.3) is 0 Å². The summed E-state index contributed by atoms with van der Waals surface area (Å²) in [5.74, 6) is 0. The first kappa shape index (κ1) is 19.3. The third-order valence-corrected chi connectivity index (χ3v) is 6.25. The van der Waals surface area contributed by atoms with Crippen LogP contribution in [0.1, 0.15) is 17.0 Å². The smallest absolute Gasteiger partial charge is 0.129 e. The zero-order chi connectivity index (χ0) is 19.5. The predicted molar refractivity (Wildman–Crippen MR) is 112 cm³/mol. The number of rotatable bonds is 5. The molecule has 146 valence electrons. The second-order valence-electron chi connectivity index (χ2n) is 6.88. The summed E-state index contributed by atoms with van der Waals surface area (Å²) >= 11 is 5.04. The van der Waals surface area contributed by atoms with E-state index in [0.717, 1.165) is 30.0 Å². The molecule has 3 heterocycles. The van der Waals surface area contributed by atoms with Gasteiger partial charge in [-0.2, -0.15) is 0 Å².